The average Bonchev–Trinajstić information content (AvgIpc) is 2.73. The molecule has 0 radical (unpaired) electrons. The number of carbonyl (C=O) groups excluding carboxylic acids is 1. The lowest BCUT2D eigenvalue weighted by molar-refractivity contribution is -0.116. The summed E-state index contributed by atoms with van der Waals surface area (Å²) in [5.74, 6) is 0.724. The minimum absolute atomic E-state index is 0.114. The third kappa shape index (κ3) is 5.60. The Labute approximate surface area is 181 Å². The van der Waals surface area contributed by atoms with E-state index in [9.17, 15) is 4.79 Å². The highest BCUT2D eigenvalue weighted by atomic mass is 16.5. The molecule has 0 saturated heterocycles. The van der Waals surface area contributed by atoms with Crippen molar-refractivity contribution >= 4 is 11.6 Å². The van der Waals surface area contributed by atoms with Crippen LogP contribution in [0.4, 0.5) is 5.69 Å². The van der Waals surface area contributed by atoms with Gasteiger partial charge in [0.15, 0.2) is 0 Å². The molecule has 5 nitrogen and oxygen atoms in total. The van der Waals surface area contributed by atoms with Crippen LogP contribution in [0.5, 0.6) is 5.88 Å². The molecule has 1 aliphatic heterocycles. The zero-order valence-corrected chi connectivity index (χ0v) is 18.9. The van der Waals surface area contributed by atoms with Gasteiger partial charge in [0.25, 0.3) is 0 Å². The van der Waals surface area contributed by atoms with Crippen molar-refractivity contribution in [2.45, 2.75) is 65.5 Å². The predicted molar refractivity (Wildman–Crippen MR) is 123 cm³/mol. The van der Waals surface area contributed by atoms with Gasteiger partial charge in [-0.1, -0.05) is 25.3 Å². The summed E-state index contributed by atoms with van der Waals surface area (Å²) in [4.78, 5) is 21.4. The summed E-state index contributed by atoms with van der Waals surface area (Å²) < 4.78 is 5.19. The summed E-state index contributed by atoms with van der Waals surface area (Å²) in [6, 6.07) is 10.8. The van der Waals surface area contributed by atoms with Gasteiger partial charge in [-0.15, -0.1) is 0 Å². The zero-order chi connectivity index (χ0) is 21.5. The van der Waals surface area contributed by atoms with Gasteiger partial charge in [-0.05, 0) is 62.6 Å². The second-order valence-electron chi connectivity index (χ2n) is 8.44. The van der Waals surface area contributed by atoms with Crippen molar-refractivity contribution in [2.24, 2.45) is 0 Å². The van der Waals surface area contributed by atoms with Gasteiger partial charge >= 0.3 is 0 Å². The summed E-state index contributed by atoms with van der Waals surface area (Å²) in [7, 11) is 1.63. The van der Waals surface area contributed by atoms with Crippen LogP contribution < -0.4 is 9.64 Å². The zero-order valence-electron chi connectivity index (χ0n) is 18.9. The predicted octanol–water partition coefficient (Wildman–Crippen LogP) is 5.28. The third-order valence-corrected chi connectivity index (χ3v) is 5.96. The van der Waals surface area contributed by atoms with E-state index in [1.165, 1.54) is 31.2 Å². The van der Waals surface area contributed by atoms with Gasteiger partial charge in [0.05, 0.1) is 7.11 Å². The van der Waals surface area contributed by atoms with Crippen LogP contribution in [0, 0.1) is 0 Å². The molecule has 2 aromatic rings. The number of anilines is 1. The van der Waals surface area contributed by atoms with E-state index in [2.05, 4.69) is 41.9 Å². The number of methoxy groups -OCH3 is 1. The molecule has 0 aliphatic carbocycles. The molecule has 162 valence electrons. The van der Waals surface area contributed by atoms with Gasteiger partial charge in [0.2, 0.25) is 11.8 Å². The normalized spacial score (nSPS) is 16.5. The third-order valence-electron chi connectivity index (χ3n) is 5.96. The van der Waals surface area contributed by atoms with Gasteiger partial charge < -0.3 is 9.64 Å². The van der Waals surface area contributed by atoms with E-state index in [1.54, 1.807) is 14.0 Å². The van der Waals surface area contributed by atoms with E-state index < -0.39 is 0 Å². The molecule has 0 atom stereocenters. The van der Waals surface area contributed by atoms with E-state index in [-0.39, 0.29) is 5.91 Å². The molecule has 0 bridgehead atoms. The number of aromatic nitrogens is 1. The lowest BCUT2D eigenvalue weighted by Crippen LogP contribution is -2.34. The maximum absolute atomic E-state index is 12.5. The second kappa shape index (κ2) is 10.6. The van der Waals surface area contributed by atoms with Crippen molar-refractivity contribution in [1.29, 1.82) is 0 Å². The van der Waals surface area contributed by atoms with E-state index in [0.29, 0.717) is 11.9 Å². The Balaban J connectivity index is 2.02. The molecule has 30 heavy (non-hydrogen) atoms. The van der Waals surface area contributed by atoms with Crippen LogP contribution in [0.1, 0.15) is 58.4 Å². The SMILES string of the molecule is COc1ccc(-c2ccc3c(c2)CN(C(C)C)CCCCCCCN3C(C)=O)cn1. The highest BCUT2D eigenvalue weighted by molar-refractivity contribution is 5.92. The molecule has 1 aromatic heterocycles. The molecule has 5 heteroatoms. The van der Waals surface area contributed by atoms with E-state index in [4.69, 9.17) is 4.74 Å². The van der Waals surface area contributed by atoms with Crippen LogP contribution in [0.15, 0.2) is 36.5 Å². The summed E-state index contributed by atoms with van der Waals surface area (Å²) >= 11 is 0. The fraction of sp³-hybridized carbons (Fsp3) is 0.520. The largest absolute Gasteiger partial charge is 0.481 e. The van der Waals surface area contributed by atoms with Crippen LogP contribution in [0.25, 0.3) is 11.1 Å². The molecule has 0 spiro atoms. The van der Waals surface area contributed by atoms with E-state index in [0.717, 1.165) is 42.9 Å². The first kappa shape index (κ1) is 22.3. The van der Waals surface area contributed by atoms with Gasteiger partial charge in [-0.3, -0.25) is 9.69 Å². The molecule has 3 rings (SSSR count). The first-order valence-electron chi connectivity index (χ1n) is 11.1. The number of pyridine rings is 1. The maximum Gasteiger partial charge on any atom is 0.223 e. The summed E-state index contributed by atoms with van der Waals surface area (Å²) in [5.41, 5.74) is 4.41. The Kier molecular flexibility index (Phi) is 7.86. The Morgan fingerprint density at radius 1 is 1.00 bits per heavy atom. The fourth-order valence-corrected chi connectivity index (χ4v) is 4.13. The lowest BCUT2D eigenvalue weighted by Gasteiger charge is -2.31. The minimum Gasteiger partial charge on any atom is -0.481 e. The van der Waals surface area contributed by atoms with E-state index in [1.807, 2.05) is 23.2 Å². The topological polar surface area (TPSA) is 45.7 Å². The Morgan fingerprint density at radius 3 is 2.33 bits per heavy atom. The van der Waals surface area contributed by atoms with Crippen molar-refractivity contribution in [1.82, 2.24) is 9.88 Å². The van der Waals surface area contributed by atoms with Crippen molar-refractivity contribution < 1.29 is 9.53 Å². The van der Waals surface area contributed by atoms with Crippen molar-refractivity contribution in [3.05, 3.63) is 42.1 Å². The van der Waals surface area contributed by atoms with Crippen molar-refractivity contribution in [2.75, 3.05) is 25.1 Å². The number of fused-ring (bicyclic) bond motifs is 1. The fourth-order valence-electron chi connectivity index (χ4n) is 4.13. The van der Waals surface area contributed by atoms with Crippen LogP contribution in [-0.4, -0.2) is 42.0 Å². The molecule has 0 saturated carbocycles. The van der Waals surface area contributed by atoms with Gasteiger partial charge in [0, 0.05) is 49.6 Å². The lowest BCUT2D eigenvalue weighted by atomic mass is 10.0. The molecule has 1 aliphatic rings. The van der Waals surface area contributed by atoms with Gasteiger partial charge in [-0.25, -0.2) is 4.98 Å². The maximum atomic E-state index is 12.5. The monoisotopic (exact) mass is 409 g/mol. The molecule has 1 aromatic carbocycles. The summed E-state index contributed by atoms with van der Waals surface area (Å²) in [5, 5.41) is 0. The van der Waals surface area contributed by atoms with Crippen LogP contribution in [0.3, 0.4) is 0 Å². The second-order valence-corrected chi connectivity index (χ2v) is 8.44. The smallest absolute Gasteiger partial charge is 0.223 e. The van der Waals surface area contributed by atoms with Gasteiger partial charge in [0.1, 0.15) is 0 Å². The Morgan fingerprint density at radius 2 is 1.70 bits per heavy atom. The quantitative estimate of drug-likeness (QED) is 0.691. The van der Waals surface area contributed by atoms with Crippen molar-refractivity contribution in [3.63, 3.8) is 0 Å². The molecule has 0 unspecified atom stereocenters. The number of hydrogen-bond acceptors (Lipinski definition) is 4. The summed E-state index contributed by atoms with van der Waals surface area (Å²) in [6.07, 6.45) is 7.81. The molecule has 0 N–H and O–H groups in total. The summed E-state index contributed by atoms with van der Waals surface area (Å²) in [6.45, 7) is 8.90. The minimum atomic E-state index is 0.114. The highest BCUT2D eigenvalue weighted by Gasteiger charge is 2.20. The van der Waals surface area contributed by atoms with Crippen LogP contribution in [0.2, 0.25) is 0 Å². The van der Waals surface area contributed by atoms with Gasteiger partial charge in [-0.2, -0.15) is 0 Å². The van der Waals surface area contributed by atoms with Crippen LogP contribution in [-0.2, 0) is 11.3 Å². The highest BCUT2D eigenvalue weighted by Crippen LogP contribution is 2.30. The average molecular weight is 410 g/mol. The molecule has 2 heterocycles. The first-order chi connectivity index (χ1) is 14.5. The van der Waals surface area contributed by atoms with Crippen molar-refractivity contribution in [3.8, 4) is 17.0 Å². The number of amides is 1. The Bertz CT molecular complexity index is 833. The Hall–Kier alpha value is -2.40. The standard InChI is InChI=1S/C25H35N3O2/c1-19(2)27-14-8-6-5-7-9-15-28(20(3)29)24-12-10-21(16-23(24)18-27)22-11-13-25(30-4)26-17-22/h10-13,16-17,19H,5-9,14-15,18H2,1-4H3. The molecule has 0 fully saturated rings. The number of carbonyl (C=O) groups is 1. The number of rotatable bonds is 3. The number of hydrogen-bond donors (Lipinski definition) is 0. The molecule has 1 amide bonds. The molecular weight excluding hydrogens is 374 g/mol. The first-order valence-corrected chi connectivity index (χ1v) is 11.1. The van der Waals surface area contributed by atoms with E-state index >= 15 is 0 Å². The number of ether oxygens (including phenoxy) is 1. The molecular formula is C25H35N3O2. The number of benzene rings is 1. The number of nitrogens with zero attached hydrogens (tertiary/aromatic N) is 3. The van der Waals surface area contributed by atoms with Crippen LogP contribution >= 0.6 is 0 Å².